The Morgan fingerprint density at radius 2 is 1.94 bits per heavy atom. The van der Waals surface area contributed by atoms with Gasteiger partial charge in [-0.1, -0.05) is 38.3 Å². The van der Waals surface area contributed by atoms with Crippen molar-refractivity contribution in [2.45, 2.75) is 52.6 Å². The first-order valence-electron chi connectivity index (χ1n) is 6.69. The van der Waals surface area contributed by atoms with Crippen molar-refractivity contribution in [3.05, 3.63) is 28.8 Å². The molecule has 0 spiro atoms. The third-order valence-corrected chi connectivity index (χ3v) is 3.34. The molecule has 3 heteroatoms. The van der Waals surface area contributed by atoms with Crippen LogP contribution < -0.4 is 5.32 Å². The van der Waals surface area contributed by atoms with E-state index in [1.54, 1.807) is 12.1 Å². The molecule has 0 aliphatic rings. The van der Waals surface area contributed by atoms with Crippen molar-refractivity contribution in [3.8, 4) is 5.75 Å². The van der Waals surface area contributed by atoms with Gasteiger partial charge in [-0.2, -0.15) is 0 Å². The van der Waals surface area contributed by atoms with Crippen molar-refractivity contribution in [2.24, 2.45) is 5.92 Å². The summed E-state index contributed by atoms with van der Waals surface area (Å²) in [6.45, 7) is 7.35. The standard InChI is InChI=1S/C15H24ClNO/c1-11(2)5-4-6-12(3)17-10-13-9-14(16)7-8-15(13)18/h7-9,11-12,17-18H,4-6,10H2,1-3H3. The quantitative estimate of drug-likeness (QED) is 0.771. The van der Waals surface area contributed by atoms with E-state index in [1.807, 2.05) is 6.07 Å². The smallest absolute Gasteiger partial charge is 0.120 e. The Morgan fingerprint density at radius 3 is 2.61 bits per heavy atom. The summed E-state index contributed by atoms with van der Waals surface area (Å²) in [4.78, 5) is 0. The molecule has 0 radical (unpaired) electrons. The van der Waals surface area contributed by atoms with Gasteiger partial charge in [-0.15, -0.1) is 0 Å². The van der Waals surface area contributed by atoms with E-state index in [9.17, 15) is 5.11 Å². The van der Waals surface area contributed by atoms with Crippen LogP contribution in [0.3, 0.4) is 0 Å². The number of halogens is 1. The summed E-state index contributed by atoms with van der Waals surface area (Å²) in [5.74, 6) is 1.08. The molecule has 1 aromatic carbocycles. The third kappa shape index (κ3) is 5.74. The van der Waals surface area contributed by atoms with Crippen LogP contribution in [-0.2, 0) is 6.54 Å². The first kappa shape index (κ1) is 15.3. The molecule has 2 N–H and O–H groups in total. The number of aromatic hydroxyl groups is 1. The number of phenols is 1. The minimum atomic E-state index is 0.307. The number of hydrogen-bond donors (Lipinski definition) is 2. The highest BCUT2D eigenvalue weighted by atomic mass is 35.5. The summed E-state index contributed by atoms with van der Waals surface area (Å²) in [6, 6.07) is 5.61. The maximum Gasteiger partial charge on any atom is 0.120 e. The van der Waals surface area contributed by atoms with Gasteiger partial charge in [0.2, 0.25) is 0 Å². The molecule has 102 valence electrons. The van der Waals surface area contributed by atoms with Crippen LogP contribution in [0.4, 0.5) is 0 Å². The summed E-state index contributed by atoms with van der Waals surface area (Å²) in [5, 5.41) is 13.8. The summed E-state index contributed by atoms with van der Waals surface area (Å²) in [5.41, 5.74) is 0.859. The molecular weight excluding hydrogens is 246 g/mol. The minimum Gasteiger partial charge on any atom is -0.508 e. The predicted octanol–water partition coefficient (Wildman–Crippen LogP) is 4.35. The van der Waals surface area contributed by atoms with Gasteiger partial charge in [0.25, 0.3) is 0 Å². The lowest BCUT2D eigenvalue weighted by Gasteiger charge is -2.15. The van der Waals surface area contributed by atoms with Crippen LogP contribution in [0.1, 0.15) is 45.6 Å². The van der Waals surface area contributed by atoms with Crippen LogP contribution >= 0.6 is 11.6 Å². The molecule has 0 aliphatic carbocycles. The summed E-state index contributed by atoms with van der Waals surface area (Å²) < 4.78 is 0. The monoisotopic (exact) mass is 269 g/mol. The lowest BCUT2D eigenvalue weighted by Crippen LogP contribution is -2.25. The second-order valence-electron chi connectivity index (χ2n) is 5.38. The van der Waals surface area contributed by atoms with Crippen LogP contribution in [0.5, 0.6) is 5.75 Å². The lowest BCUT2D eigenvalue weighted by atomic mass is 10.0. The number of benzene rings is 1. The fourth-order valence-electron chi connectivity index (χ4n) is 1.91. The van der Waals surface area contributed by atoms with E-state index in [1.165, 1.54) is 19.3 Å². The first-order chi connectivity index (χ1) is 8.49. The van der Waals surface area contributed by atoms with Gasteiger partial charge in [-0.05, 0) is 37.5 Å². The Bertz CT molecular complexity index is 366. The molecule has 0 fully saturated rings. The van der Waals surface area contributed by atoms with Gasteiger partial charge in [-0.3, -0.25) is 0 Å². The molecule has 0 bridgehead atoms. The summed E-state index contributed by atoms with van der Waals surface area (Å²) in [7, 11) is 0. The highest BCUT2D eigenvalue weighted by molar-refractivity contribution is 6.30. The molecule has 0 saturated carbocycles. The van der Waals surface area contributed by atoms with Crippen molar-refractivity contribution in [1.29, 1.82) is 0 Å². The zero-order valence-corrected chi connectivity index (χ0v) is 12.3. The van der Waals surface area contributed by atoms with Gasteiger partial charge >= 0.3 is 0 Å². The van der Waals surface area contributed by atoms with Crippen molar-refractivity contribution in [1.82, 2.24) is 5.32 Å². The van der Waals surface area contributed by atoms with E-state index in [0.29, 0.717) is 23.4 Å². The molecule has 1 rings (SSSR count). The SMILES string of the molecule is CC(C)CCCC(C)NCc1cc(Cl)ccc1O. The Hall–Kier alpha value is -0.730. The molecule has 0 aromatic heterocycles. The first-order valence-corrected chi connectivity index (χ1v) is 7.07. The van der Waals surface area contributed by atoms with E-state index in [-0.39, 0.29) is 0 Å². The van der Waals surface area contributed by atoms with Gasteiger partial charge in [0.15, 0.2) is 0 Å². The zero-order valence-electron chi connectivity index (χ0n) is 11.5. The molecule has 18 heavy (non-hydrogen) atoms. The Balaban J connectivity index is 2.33. The Labute approximate surface area is 115 Å². The van der Waals surface area contributed by atoms with E-state index in [0.717, 1.165) is 11.5 Å². The van der Waals surface area contributed by atoms with Gasteiger partial charge in [0.1, 0.15) is 5.75 Å². The number of phenolic OH excluding ortho intramolecular Hbond substituents is 1. The van der Waals surface area contributed by atoms with Gasteiger partial charge < -0.3 is 10.4 Å². The minimum absolute atomic E-state index is 0.307. The second-order valence-corrected chi connectivity index (χ2v) is 5.82. The Kier molecular flexibility index (Phi) is 6.51. The number of rotatable bonds is 7. The third-order valence-electron chi connectivity index (χ3n) is 3.10. The summed E-state index contributed by atoms with van der Waals surface area (Å²) in [6.07, 6.45) is 3.68. The highest BCUT2D eigenvalue weighted by Gasteiger charge is 2.06. The van der Waals surface area contributed by atoms with E-state index >= 15 is 0 Å². The fourth-order valence-corrected chi connectivity index (χ4v) is 2.11. The molecule has 0 aliphatic heterocycles. The van der Waals surface area contributed by atoms with Crippen molar-refractivity contribution in [3.63, 3.8) is 0 Å². The van der Waals surface area contributed by atoms with Crippen LogP contribution in [0.2, 0.25) is 5.02 Å². The molecule has 1 atom stereocenters. The van der Waals surface area contributed by atoms with Crippen LogP contribution in [0, 0.1) is 5.92 Å². The molecule has 1 aromatic rings. The number of nitrogens with one attached hydrogen (secondary N) is 1. The Morgan fingerprint density at radius 1 is 1.22 bits per heavy atom. The van der Waals surface area contributed by atoms with Crippen molar-refractivity contribution < 1.29 is 5.11 Å². The van der Waals surface area contributed by atoms with Crippen LogP contribution in [0.15, 0.2) is 18.2 Å². The second kappa shape index (κ2) is 7.65. The van der Waals surface area contributed by atoms with Crippen molar-refractivity contribution in [2.75, 3.05) is 0 Å². The number of hydrogen-bond acceptors (Lipinski definition) is 2. The zero-order chi connectivity index (χ0) is 13.5. The molecule has 1 unspecified atom stereocenters. The van der Waals surface area contributed by atoms with Gasteiger partial charge in [0, 0.05) is 23.2 Å². The molecule has 0 heterocycles. The van der Waals surface area contributed by atoms with E-state index in [4.69, 9.17) is 11.6 Å². The lowest BCUT2D eigenvalue weighted by molar-refractivity contribution is 0.440. The normalized spacial score (nSPS) is 12.9. The van der Waals surface area contributed by atoms with Crippen LogP contribution in [-0.4, -0.2) is 11.1 Å². The van der Waals surface area contributed by atoms with Gasteiger partial charge in [-0.25, -0.2) is 0 Å². The maximum atomic E-state index is 9.70. The van der Waals surface area contributed by atoms with Crippen LogP contribution in [0.25, 0.3) is 0 Å². The molecule has 2 nitrogen and oxygen atoms in total. The average molecular weight is 270 g/mol. The van der Waals surface area contributed by atoms with Gasteiger partial charge in [0.05, 0.1) is 0 Å². The van der Waals surface area contributed by atoms with E-state index < -0.39 is 0 Å². The maximum absolute atomic E-state index is 9.70. The molecule has 0 saturated heterocycles. The van der Waals surface area contributed by atoms with E-state index in [2.05, 4.69) is 26.1 Å². The van der Waals surface area contributed by atoms with Crippen molar-refractivity contribution >= 4 is 11.6 Å². The highest BCUT2D eigenvalue weighted by Crippen LogP contribution is 2.21. The summed E-state index contributed by atoms with van der Waals surface area (Å²) >= 11 is 5.91. The largest absolute Gasteiger partial charge is 0.508 e. The fraction of sp³-hybridized carbons (Fsp3) is 0.600. The predicted molar refractivity (Wildman–Crippen MR) is 78.1 cm³/mol. The molecular formula is C15H24ClNO. The topological polar surface area (TPSA) is 32.3 Å². The average Bonchev–Trinajstić information content (AvgIpc) is 2.30. The molecule has 0 amide bonds.